The average molecular weight is 478 g/mol. The third-order valence-electron chi connectivity index (χ3n) is 5.60. The number of amides is 1. The Labute approximate surface area is 194 Å². The maximum atomic E-state index is 12.3. The zero-order valence-corrected chi connectivity index (χ0v) is 19.8. The van der Waals surface area contributed by atoms with E-state index in [-0.39, 0.29) is 29.6 Å². The highest BCUT2D eigenvalue weighted by molar-refractivity contribution is 7.89. The molecular weight excluding hydrogens is 450 g/mol. The van der Waals surface area contributed by atoms with Gasteiger partial charge in [-0.3, -0.25) is 9.59 Å². The second-order valence-corrected chi connectivity index (χ2v) is 10.3. The molecule has 0 spiro atoms. The van der Waals surface area contributed by atoms with E-state index in [0.29, 0.717) is 23.0 Å². The predicted molar refractivity (Wildman–Crippen MR) is 126 cm³/mol. The van der Waals surface area contributed by atoms with E-state index in [1.54, 1.807) is 0 Å². The fourth-order valence-electron chi connectivity index (χ4n) is 3.74. The van der Waals surface area contributed by atoms with Gasteiger partial charge in [0.25, 0.3) is 0 Å². The molecule has 2 N–H and O–H groups in total. The van der Waals surface area contributed by atoms with Crippen LogP contribution >= 0.6 is 11.6 Å². The van der Waals surface area contributed by atoms with Gasteiger partial charge in [0, 0.05) is 48.9 Å². The van der Waals surface area contributed by atoms with Gasteiger partial charge in [-0.25, -0.2) is 13.1 Å². The van der Waals surface area contributed by atoms with Crippen molar-refractivity contribution in [2.75, 3.05) is 31.1 Å². The lowest BCUT2D eigenvalue weighted by Gasteiger charge is -2.21. The minimum Gasteiger partial charge on any atom is -0.371 e. The molecule has 1 heterocycles. The van der Waals surface area contributed by atoms with Crippen molar-refractivity contribution in [3.63, 3.8) is 0 Å². The first kappa shape index (κ1) is 24.2. The number of nitrogens with one attached hydrogen (secondary N) is 2. The number of Topliss-reactive ketones (excluding diaryl/α,β-unsaturated/α-hetero) is 1. The van der Waals surface area contributed by atoms with E-state index in [1.165, 1.54) is 36.8 Å². The van der Waals surface area contributed by atoms with Crippen LogP contribution in [0, 0.1) is 12.8 Å². The largest absolute Gasteiger partial charge is 0.371 e. The lowest BCUT2D eigenvalue weighted by Crippen LogP contribution is -2.34. The number of hydrogen-bond acceptors (Lipinski definition) is 5. The molecule has 1 saturated heterocycles. The summed E-state index contributed by atoms with van der Waals surface area (Å²) in [5.41, 5.74) is 2.73. The second kappa shape index (κ2) is 10.5. The van der Waals surface area contributed by atoms with Crippen molar-refractivity contribution in [3.8, 4) is 0 Å². The van der Waals surface area contributed by atoms with Crippen LogP contribution in [-0.2, 0) is 14.8 Å². The molecule has 1 amide bonds. The Morgan fingerprint density at radius 1 is 1.16 bits per heavy atom. The number of halogens is 1. The quantitative estimate of drug-likeness (QED) is 0.541. The summed E-state index contributed by atoms with van der Waals surface area (Å²) in [6, 6.07) is 11.6. The summed E-state index contributed by atoms with van der Waals surface area (Å²) >= 11 is 6.13. The van der Waals surface area contributed by atoms with E-state index in [0.717, 1.165) is 25.2 Å². The van der Waals surface area contributed by atoms with Crippen molar-refractivity contribution in [1.29, 1.82) is 0 Å². The van der Waals surface area contributed by atoms with Crippen LogP contribution in [0.25, 0.3) is 0 Å². The first-order chi connectivity index (χ1) is 15.2. The highest BCUT2D eigenvalue weighted by Gasteiger charge is 2.24. The lowest BCUT2D eigenvalue weighted by atomic mass is 10.1. The average Bonchev–Trinajstić information content (AvgIpc) is 3.23. The molecule has 0 aliphatic carbocycles. The van der Waals surface area contributed by atoms with Crippen LogP contribution in [0.3, 0.4) is 0 Å². The molecule has 3 rings (SSSR count). The summed E-state index contributed by atoms with van der Waals surface area (Å²) in [5, 5.41) is 3.61. The number of anilines is 1. The first-order valence-electron chi connectivity index (χ1n) is 10.5. The number of rotatable bonds is 9. The maximum Gasteiger partial charge on any atom is 0.240 e. The van der Waals surface area contributed by atoms with Crippen molar-refractivity contribution >= 4 is 39.0 Å². The molecular formula is C23H28ClN3O4S. The van der Waals surface area contributed by atoms with E-state index in [2.05, 4.69) is 21.9 Å². The van der Waals surface area contributed by atoms with E-state index < -0.39 is 10.0 Å². The minimum absolute atomic E-state index is 0.00112. The fourth-order valence-corrected chi connectivity index (χ4v) is 4.94. The van der Waals surface area contributed by atoms with E-state index >= 15 is 0 Å². The smallest absolute Gasteiger partial charge is 0.240 e. The van der Waals surface area contributed by atoms with Crippen molar-refractivity contribution < 1.29 is 18.0 Å². The van der Waals surface area contributed by atoms with Crippen LogP contribution < -0.4 is 14.9 Å². The zero-order valence-electron chi connectivity index (χ0n) is 18.2. The summed E-state index contributed by atoms with van der Waals surface area (Å²) < 4.78 is 27.1. The molecule has 1 aliphatic rings. The van der Waals surface area contributed by atoms with Gasteiger partial charge >= 0.3 is 0 Å². The number of nitrogens with zero attached hydrogens (tertiary/aromatic N) is 1. The molecule has 32 heavy (non-hydrogen) atoms. The highest BCUT2D eigenvalue weighted by atomic mass is 35.5. The van der Waals surface area contributed by atoms with Gasteiger partial charge in [-0.1, -0.05) is 29.8 Å². The molecule has 2 aromatic carbocycles. The number of sulfonamides is 1. The van der Waals surface area contributed by atoms with Gasteiger partial charge in [-0.2, -0.15) is 0 Å². The molecule has 172 valence electrons. The van der Waals surface area contributed by atoms with Gasteiger partial charge < -0.3 is 10.2 Å². The number of hydrogen-bond donors (Lipinski definition) is 2. The Morgan fingerprint density at radius 3 is 2.56 bits per heavy atom. The van der Waals surface area contributed by atoms with Crippen LogP contribution in [0.5, 0.6) is 0 Å². The van der Waals surface area contributed by atoms with Crippen molar-refractivity contribution in [2.45, 2.75) is 31.6 Å². The predicted octanol–water partition coefficient (Wildman–Crippen LogP) is 3.16. The summed E-state index contributed by atoms with van der Waals surface area (Å²) in [4.78, 5) is 25.8. The SMILES string of the molecule is CC(=O)c1ccc(S(=O)(=O)NCCC(=O)NCC2CCN(c3cc(Cl)ccc3C)C2)cc1. The number of benzene rings is 2. The highest BCUT2D eigenvalue weighted by Crippen LogP contribution is 2.29. The minimum atomic E-state index is -3.73. The Kier molecular flexibility index (Phi) is 7.92. The van der Waals surface area contributed by atoms with Crippen molar-refractivity contribution in [1.82, 2.24) is 10.0 Å². The van der Waals surface area contributed by atoms with Gasteiger partial charge in [0.05, 0.1) is 4.90 Å². The normalized spacial score (nSPS) is 16.2. The Balaban J connectivity index is 1.42. The number of aryl methyl sites for hydroxylation is 1. The van der Waals surface area contributed by atoms with Gasteiger partial charge in [-0.15, -0.1) is 0 Å². The molecule has 1 fully saturated rings. The van der Waals surface area contributed by atoms with Gasteiger partial charge in [0.2, 0.25) is 15.9 Å². The second-order valence-electron chi connectivity index (χ2n) is 8.06. The summed E-state index contributed by atoms with van der Waals surface area (Å²) in [6.07, 6.45) is 1.02. The van der Waals surface area contributed by atoms with Crippen LogP contribution in [0.15, 0.2) is 47.4 Å². The molecule has 0 radical (unpaired) electrons. The van der Waals surface area contributed by atoms with Gasteiger partial charge in [0.1, 0.15) is 0 Å². The Hall–Kier alpha value is -2.42. The third-order valence-corrected chi connectivity index (χ3v) is 7.31. The molecule has 2 aromatic rings. The van der Waals surface area contributed by atoms with Crippen LogP contribution in [0.2, 0.25) is 5.02 Å². The van der Waals surface area contributed by atoms with Crippen LogP contribution in [-0.4, -0.2) is 46.3 Å². The molecule has 0 saturated carbocycles. The van der Waals surface area contributed by atoms with E-state index in [4.69, 9.17) is 11.6 Å². The van der Waals surface area contributed by atoms with Gasteiger partial charge in [0.15, 0.2) is 5.78 Å². The summed E-state index contributed by atoms with van der Waals surface area (Å²) in [5.74, 6) is -0.00232. The van der Waals surface area contributed by atoms with Gasteiger partial charge in [-0.05, 0) is 56.0 Å². The topological polar surface area (TPSA) is 95.6 Å². The molecule has 0 aromatic heterocycles. The van der Waals surface area contributed by atoms with E-state index in [9.17, 15) is 18.0 Å². The molecule has 1 atom stereocenters. The van der Waals surface area contributed by atoms with Crippen molar-refractivity contribution in [2.24, 2.45) is 5.92 Å². The third kappa shape index (κ3) is 6.31. The number of ketones is 1. The first-order valence-corrected chi connectivity index (χ1v) is 12.4. The van der Waals surface area contributed by atoms with Crippen LogP contribution in [0.1, 0.15) is 35.7 Å². The summed E-state index contributed by atoms with van der Waals surface area (Å²) in [7, 11) is -3.73. The van der Waals surface area contributed by atoms with E-state index in [1.807, 2.05) is 18.2 Å². The lowest BCUT2D eigenvalue weighted by molar-refractivity contribution is -0.121. The molecule has 0 bridgehead atoms. The fraction of sp³-hybridized carbons (Fsp3) is 0.391. The number of carbonyl (C=O) groups excluding carboxylic acids is 2. The van der Waals surface area contributed by atoms with Crippen molar-refractivity contribution in [3.05, 3.63) is 58.6 Å². The number of carbonyl (C=O) groups is 2. The van der Waals surface area contributed by atoms with Crippen LogP contribution in [0.4, 0.5) is 5.69 Å². The molecule has 7 nitrogen and oxygen atoms in total. The zero-order chi connectivity index (χ0) is 23.3. The standard InChI is InChI=1S/C23H28ClN3O4S/c1-16-3-6-20(24)13-22(16)27-12-10-18(15-27)14-25-23(29)9-11-26-32(30,31)21-7-4-19(5-8-21)17(2)28/h3-8,13,18,26H,9-12,14-15H2,1-2H3,(H,25,29). The molecule has 1 aliphatic heterocycles. The molecule has 9 heteroatoms. The Bertz CT molecular complexity index is 1090. The molecule has 1 unspecified atom stereocenters. The monoisotopic (exact) mass is 477 g/mol. The summed E-state index contributed by atoms with van der Waals surface area (Å²) in [6.45, 7) is 5.77. The Morgan fingerprint density at radius 2 is 1.88 bits per heavy atom. The maximum absolute atomic E-state index is 12.3.